The van der Waals surface area contributed by atoms with Crippen LogP contribution >= 0.6 is 0 Å². The minimum atomic E-state index is -0.406. The average Bonchev–Trinajstić information content (AvgIpc) is 3.39. The van der Waals surface area contributed by atoms with Crippen LogP contribution in [0.4, 0.5) is 0 Å². The Morgan fingerprint density at radius 2 is 2.03 bits per heavy atom. The number of hydrogen-bond acceptors (Lipinski definition) is 7. The normalized spacial score (nSPS) is 11.2. The maximum atomic E-state index is 11.9. The summed E-state index contributed by atoms with van der Waals surface area (Å²) < 4.78 is 12.3. The zero-order valence-corrected chi connectivity index (χ0v) is 16.2. The van der Waals surface area contributed by atoms with Crippen molar-refractivity contribution >= 4 is 23.1 Å². The van der Waals surface area contributed by atoms with Crippen molar-refractivity contribution in [2.75, 3.05) is 7.11 Å². The quantitative estimate of drug-likeness (QED) is 0.355. The number of fused-ring (bicyclic) bond motifs is 1. The molecule has 2 heterocycles. The summed E-state index contributed by atoms with van der Waals surface area (Å²) in [5, 5.41) is 8.02. The number of hydrogen-bond donors (Lipinski definition) is 1. The maximum absolute atomic E-state index is 11.9. The number of rotatable bonds is 8. The van der Waals surface area contributed by atoms with Crippen LogP contribution in [0.2, 0.25) is 0 Å². The third-order valence-corrected chi connectivity index (χ3v) is 4.17. The highest BCUT2D eigenvalue weighted by Crippen LogP contribution is 2.15. The second kappa shape index (κ2) is 9.01. The van der Waals surface area contributed by atoms with E-state index in [2.05, 4.69) is 20.8 Å². The van der Waals surface area contributed by atoms with E-state index >= 15 is 0 Å². The van der Waals surface area contributed by atoms with Gasteiger partial charge in [0.15, 0.2) is 5.58 Å². The highest BCUT2D eigenvalue weighted by molar-refractivity contribution is 5.90. The molecule has 0 bridgehead atoms. The highest BCUT2D eigenvalue weighted by Gasteiger charge is 2.07. The molecule has 30 heavy (non-hydrogen) atoms. The van der Waals surface area contributed by atoms with Crippen molar-refractivity contribution in [3.63, 3.8) is 0 Å². The minimum absolute atomic E-state index is 0.240. The third-order valence-electron chi connectivity index (χ3n) is 4.17. The molecule has 2 aromatic carbocycles. The van der Waals surface area contributed by atoms with Crippen LogP contribution in [0.3, 0.4) is 0 Å². The van der Waals surface area contributed by atoms with E-state index in [1.54, 1.807) is 24.1 Å². The molecule has 0 saturated carbocycles. The molecule has 0 aliphatic heterocycles. The molecule has 4 aromatic rings. The van der Waals surface area contributed by atoms with Crippen molar-refractivity contribution in [2.24, 2.45) is 0 Å². The van der Waals surface area contributed by atoms with E-state index in [9.17, 15) is 4.79 Å². The van der Waals surface area contributed by atoms with Crippen molar-refractivity contribution in [2.45, 2.75) is 13.2 Å². The molecule has 2 aromatic heterocycles. The Labute approximate surface area is 171 Å². The molecule has 0 saturated heterocycles. The van der Waals surface area contributed by atoms with Crippen molar-refractivity contribution in [1.29, 1.82) is 0 Å². The van der Waals surface area contributed by atoms with E-state index in [1.807, 2.05) is 48.5 Å². The fraction of sp³-hybridized carbons (Fsp3) is 0.143. The van der Waals surface area contributed by atoms with E-state index < -0.39 is 5.91 Å². The first-order chi connectivity index (χ1) is 14.7. The summed E-state index contributed by atoms with van der Waals surface area (Å²) in [6, 6.07) is 14.9. The van der Waals surface area contributed by atoms with Gasteiger partial charge in [0.05, 0.1) is 19.9 Å². The van der Waals surface area contributed by atoms with Crippen LogP contribution in [0.5, 0.6) is 5.75 Å². The Kier molecular flexibility index (Phi) is 5.81. The van der Waals surface area contributed by atoms with Gasteiger partial charge in [0.25, 0.3) is 5.91 Å². The lowest BCUT2D eigenvalue weighted by Crippen LogP contribution is -2.21. The van der Waals surface area contributed by atoms with Crippen LogP contribution in [-0.2, 0) is 22.8 Å². The fourth-order valence-corrected chi connectivity index (χ4v) is 2.70. The number of benzene rings is 2. The second-order valence-corrected chi connectivity index (χ2v) is 6.35. The van der Waals surface area contributed by atoms with E-state index in [1.165, 1.54) is 6.08 Å². The van der Waals surface area contributed by atoms with Crippen molar-refractivity contribution in [1.82, 2.24) is 25.5 Å². The molecule has 0 unspecified atom stereocenters. The van der Waals surface area contributed by atoms with E-state index in [-0.39, 0.29) is 6.61 Å². The van der Waals surface area contributed by atoms with E-state index in [4.69, 9.17) is 14.0 Å². The number of carbonyl (C=O) groups is 1. The first kappa shape index (κ1) is 19.3. The monoisotopic (exact) mass is 405 g/mol. The molecular weight excluding hydrogens is 386 g/mol. The van der Waals surface area contributed by atoms with Crippen LogP contribution in [0.25, 0.3) is 17.2 Å². The number of amides is 1. The largest absolute Gasteiger partial charge is 0.497 e. The van der Waals surface area contributed by atoms with Crippen molar-refractivity contribution < 1.29 is 18.8 Å². The Morgan fingerprint density at radius 1 is 1.20 bits per heavy atom. The predicted molar refractivity (Wildman–Crippen MR) is 108 cm³/mol. The van der Waals surface area contributed by atoms with Gasteiger partial charge >= 0.3 is 0 Å². The van der Waals surface area contributed by atoms with E-state index in [0.29, 0.717) is 18.1 Å². The molecule has 1 amide bonds. The maximum Gasteiger partial charge on any atom is 0.267 e. The van der Waals surface area contributed by atoms with Gasteiger partial charge in [-0.2, -0.15) is 0 Å². The van der Waals surface area contributed by atoms with Crippen LogP contribution in [0.1, 0.15) is 17.1 Å². The lowest BCUT2D eigenvalue weighted by Gasteiger charge is -2.04. The topological polar surface area (TPSA) is 104 Å². The highest BCUT2D eigenvalue weighted by atomic mass is 16.6. The summed E-state index contributed by atoms with van der Waals surface area (Å²) in [6.45, 7) is 0.580. The van der Waals surface area contributed by atoms with Gasteiger partial charge < -0.3 is 9.15 Å². The molecule has 0 radical (unpaired) electrons. The minimum Gasteiger partial charge on any atom is -0.497 e. The Bertz CT molecular complexity index is 1130. The molecule has 0 spiro atoms. The Hall–Kier alpha value is -3.98. The SMILES string of the molecule is COc1ccc(CONC(=O)/C=C/c2cn(Cc3nc4ccccc4o3)nn2)cc1. The summed E-state index contributed by atoms with van der Waals surface area (Å²) in [6.07, 6.45) is 4.56. The van der Waals surface area contributed by atoms with E-state index in [0.717, 1.165) is 22.4 Å². The number of ether oxygens (including phenoxy) is 1. The molecule has 0 fully saturated rings. The van der Waals surface area contributed by atoms with Gasteiger partial charge in [-0.05, 0) is 35.9 Å². The summed E-state index contributed by atoms with van der Waals surface area (Å²) in [4.78, 5) is 21.5. The zero-order chi connectivity index (χ0) is 20.8. The molecule has 9 heteroatoms. The molecule has 9 nitrogen and oxygen atoms in total. The number of nitrogens with zero attached hydrogens (tertiary/aromatic N) is 4. The smallest absolute Gasteiger partial charge is 0.267 e. The molecule has 0 aliphatic carbocycles. The number of oxazole rings is 1. The summed E-state index contributed by atoms with van der Waals surface area (Å²) in [5.41, 5.74) is 5.30. The molecule has 1 N–H and O–H groups in total. The first-order valence-corrected chi connectivity index (χ1v) is 9.17. The van der Waals surface area contributed by atoms with Gasteiger partial charge in [-0.25, -0.2) is 15.1 Å². The van der Waals surface area contributed by atoms with Gasteiger partial charge in [-0.15, -0.1) is 5.10 Å². The number of nitrogens with one attached hydrogen (secondary N) is 1. The van der Waals surface area contributed by atoms with Crippen LogP contribution in [0.15, 0.2) is 65.2 Å². The van der Waals surface area contributed by atoms with Gasteiger partial charge in [0, 0.05) is 6.08 Å². The zero-order valence-electron chi connectivity index (χ0n) is 16.2. The standard InChI is InChI=1S/C21H19N5O4/c1-28-17-9-6-15(7-10-17)14-29-24-20(27)11-8-16-12-26(25-23-16)13-21-22-18-4-2-3-5-19(18)30-21/h2-12H,13-14H2,1H3,(H,24,27)/b11-8+. The Morgan fingerprint density at radius 3 is 2.83 bits per heavy atom. The second-order valence-electron chi connectivity index (χ2n) is 6.35. The molecule has 0 aliphatic rings. The third kappa shape index (κ3) is 4.89. The van der Waals surface area contributed by atoms with Gasteiger partial charge in [-0.3, -0.25) is 9.63 Å². The molecule has 4 rings (SSSR count). The first-order valence-electron chi connectivity index (χ1n) is 9.17. The molecule has 0 atom stereocenters. The lowest BCUT2D eigenvalue weighted by atomic mass is 10.2. The average molecular weight is 405 g/mol. The number of carbonyl (C=O) groups excluding carboxylic acids is 1. The summed E-state index contributed by atoms with van der Waals surface area (Å²) in [5.74, 6) is 0.883. The van der Waals surface area contributed by atoms with Crippen molar-refractivity contribution in [3.8, 4) is 5.75 Å². The molecular formula is C21H19N5O4. The van der Waals surface area contributed by atoms with Gasteiger partial charge in [0.1, 0.15) is 23.5 Å². The van der Waals surface area contributed by atoms with Gasteiger partial charge in [-0.1, -0.05) is 29.5 Å². The Balaban J connectivity index is 1.26. The molecule has 152 valence electrons. The lowest BCUT2D eigenvalue weighted by molar-refractivity contribution is -0.129. The van der Waals surface area contributed by atoms with Crippen molar-refractivity contribution in [3.05, 3.63) is 78.0 Å². The number of para-hydroxylation sites is 2. The number of hydroxylamine groups is 1. The number of methoxy groups -OCH3 is 1. The predicted octanol–water partition coefficient (Wildman–Crippen LogP) is 2.74. The summed E-state index contributed by atoms with van der Waals surface area (Å²) >= 11 is 0. The van der Waals surface area contributed by atoms with Crippen LogP contribution in [0, 0.1) is 0 Å². The van der Waals surface area contributed by atoms with Crippen LogP contribution < -0.4 is 10.2 Å². The number of aromatic nitrogens is 4. The van der Waals surface area contributed by atoms with Crippen LogP contribution in [-0.4, -0.2) is 33.0 Å². The summed E-state index contributed by atoms with van der Waals surface area (Å²) in [7, 11) is 1.60. The van der Waals surface area contributed by atoms with Gasteiger partial charge in [0.2, 0.25) is 5.89 Å². The fourth-order valence-electron chi connectivity index (χ4n) is 2.70.